The minimum Gasteiger partial charge on any atom is -0.481 e. The minimum atomic E-state index is -3.24. The van der Waals surface area contributed by atoms with E-state index in [2.05, 4.69) is 0 Å². The molecule has 0 bridgehead atoms. The van der Waals surface area contributed by atoms with Crippen LogP contribution in [0.25, 0.3) is 0 Å². The Morgan fingerprint density at radius 1 is 1.12 bits per heavy atom. The largest absolute Gasteiger partial charge is 0.481 e. The lowest BCUT2D eigenvalue weighted by Gasteiger charge is -2.48. The molecular formula is C25H29Cl2NO5S. The smallest absolute Gasteiger partial charge is 0.304 e. The first-order valence-corrected chi connectivity index (χ1v) is 14.0. The Morgan fingerprint density at radius 3 is 2.35 bits per heavy atom. The topological polar surface area (TPSA) is 91.8 Å². The number of hydrogen-bond acceptors (Lipinski definition) is 4. The van der Waals surface area contributed by atoms with Crippen LogP contribution in [0.2, 0.25) is 10.0 Å². The Bertz CT molecular complexity index is 1140. The number of amides is 1. The van der Waals surface area contributed by atoms with Crippen LogP contribution >= 0.6 is 23.2 Å². The maximum Gasteiger partial charge on any atom is 0.304 e. The first-order valence-electron chi connectivity index (χ1n) is 11.2. The maximum atomic E-state index is 13.7. The normalized spacial score (nSPS) is 21.9. The quantitative estimate of drug-likeness (QED) is 0.475. The number of halogens is 2. The SMILES string of the molecule is CC[C@@H](CCS(C)(=O)=O)N1C(=O)[C@@H](CC(=O)O)CC(c2cccc(Cl)c2)[C@H]1c1ccc(Cl)cc1. The number of carbonyl (C=O) groups excluding carboxylic acids is 1. The van der Waals surface area contributed by atoms with Crippen LogP contribution in [0.3, 0.4) is 0 Å². The van der Waals surface area contributed by atoms with Gasteiger partial charge in [0.1, 0.15) is 9.84 Å². The van der Waals surface area contributed by atoms with Gasteiger partial charge >= 0.3 is 5.97 Å². The second kappa shape index (κ2) is 11.1. The Balaban J connectivity index is 2.16. The molecule has 184 valence electrons. The van der Waals surface area contributed by atoms with E-state index >= 15 is 0 Å². The fraction of sp³-hybridized carbons (Fsp3) is 0.440. The van der Waals surface area contributed by atoms with Gasteiger partial charge in [0.15, 0.2) is 0 Å². The molecule has 1 N–H and O–H groups in total. The maximum absolute atomic E-state index is 13.7. The van der Waals surface area contributed by atoms with Gasteiger partial charge in [0.2, 0.25) is 5.91 Å². The Morgan fingerprint density at radius 2 is 1.79 bits per heavy atom. The molecule has 9 heteroatoms. The zero-order valence-electron chi connectivity index (χ0n) is 19.2. The fourth-order valence-corrected chi connectivity index (χ4v) is 5.89. The van der Waals surface area contributed by atoms with Crippen molar-refractivity contribution >= 4 is 44.9 Å². The predicted molar refractivity (Wildman–Crippen MR) is 134 cm³/mol. The van der Waals surface area contributed by atoms with Gasteiger partial charge in [-0.05, 0) is 54.7 Å². The third-order valence-corrected chi connectivity index (χ3v) is 7.88. The summed E-state index contributed by atoms with van der Waals surface area (Å²) in [5.41, 5.74) is 1.76. The van der Waals surface area contributed by atoms with Crippen molar-refractivity contribution in [1.29, 1.82) is 0 Å². The van der Waals surface area contributed by atoms with Gasteiger partial charge in [0.25, 0.3) is 0 Å². The number of carbonyl (C=O) groups is 2. The highest BCUT2D eigenvalue weighted by molar-refractivity contribution is 7.90. The van der Waals surface area contributed by atoms with E-state index in [0.717, 1.165) is 11.1 Å². The number of carboxylic acids is 1. The molecule has 0 radical (unpaired) electrons. The van der Waals surface area contributed by atoms with Gasteiger partial charge in [-0.25, -0.2) is 8.42 Å². The van der Waals surface area contributed by atoms with E-state index in [4.69, 9.17) is 23.2 Å². The highest BCUT2D eigenvalue weighted by Gasteiger charge is 2.46. The summed E-state index contributed by atoms with van der Waals surface area (Å²) in [6, 6.07) is 13.8. The number of hydrogen-bond donors (Lipinski definition) is 1. The molecule has 1 aliphatic rings. The summed E-state index contributed by atoms with van der Waals surface area (Å²) in [5.74, 6) is -2.32. The van der Waals surface area contributed by atoms with Crippen LogP contribution in [-0.4, -0.2) is 48.4 Å². The molecule has 2 aromatic carbocycles. The van der Waals surface area contributed by atoms with E-state index in [9.17, 15) is 23.1 Å². The van der Waals surface area contributed by atoms with E-state index in [0.29, 0.717) is 22.9 Å². The van der Waals surface area contributed by atoms with Crippen molar-refractivity contribution in [2.45, 2.75) is 50.6 Å². The number of likely N-dealkylation sites (tertiary alicyclic amines) is 1. The van der Waals surface area contributed by atoms with E-state index < -0.39 is 27.8 Å². The first kappa shape index (κ1) is 26.5. The monoisotopic (exact) mass is 525 g/mol. The van der Waals surface area contributed by atoms with E-state index in [1.807, 2.05) is 37.3 Å². The molecule has 0 saturated carbocycles. The van der Waals surface area contributed by atoms with Crippen molar-refractivity contribution in [1.82, 2.24) is 4.90 Å². The van der Waals surface area contributed by atoms with Crippen LogP contribution in [-0.2, 0) is 19.4 Å². The molecule has 4 atom stereocenters. The van der Waals surface area contributed by atoms with Gasteiger partial charge in [-0.15, -0.1) is 0 Å². The molecule has 1 saturated heterocycles. The van der Waals surface area contributed by atoms with Crippen LogP contribution in [0.4, 0.5) is 0 Å². The number of aliphatic carboxylic acids is 1. The summed E-state index contributed by atoms with van der Waals surface area (Å²) in [5, 5.41) is 10.6. The average molecular weight is 526 g/mol. The number of benzene rings is 2. The second-order valence-electron chi connectivity index (χ2n) is 8.91. The van der Waals surface area contributed by atoms with Crippen molar-refractivity contribution in [2.75, 3.05) is 12.0 Å². The average Bonchev–Trinajstić information content (AvgIpc) is 2.76. The summed E-state index contributed by atoms with van der Waals surface area (Å²) < 4.78 is 23.9. The van der Waals surface area contributed by atoms with Gasteiger partial charge in [-0.1, -0.05) is 54.4 Å². The molecule has 34 heavy (non-hydrogen) atoms. The predicted octanol–water partition coefficient (Wildman–Crippen LogP) is 5.35. The molecule has 0 aliphatic carbocycles. The van der Waals surface area contributed by atoms with E-state index in [-0.39, 0.29) is 36.5 Å². The molecule has 3 rings (SSSR count). The van der Waals surface area contributed by atoms with Crippen LogP contribution < -0.4 is 0 Å². The number of piperidine rings is 1. The highest BCUT2D eigenvalue weighted by atomic mass is 35.5. The first-order chi connectivity index (χ1) is 16.0. The molecule has 6 nitrogen and oxygen atoms in total. The zero-order chi connectivity index (χ0) is 25.0. The number of rotatable bonds is 9. The zero-order valence-corrected chi connectivity index (χ0v) is 21.5. The van der Waals surface area contributed by atoms with Crippen molar-refractivity contribution in [2.24, 2.45) is 5.92 Å². The molecule has 2 aromatic rings. The second-order valence-corrected chi connectivity index (χ2v) is 12.0. The summed E-state index contributed by atoms with van der Waals surface area (Å²) in [6.45, 7) is 1.91. The van der Waals surface area contributed by atoms with Gasteiger partial charge in [-0.3, -0.25) is 9.59 Å². The molecule has 0 spiro atoms. The van der Waals surface area contributed by atoms with Gasteiger partial charge in [-0.2, -0.15) is 0 Å². The third kappa shape index (κ3) is 6.52. The summed E-state index contributed by atoms with van der Waals surface area (Å²) in [6.07, 6.45) is 2.04. The number of carboxylic acid groups (broad SMARTS) is 1. The van der Waals surface area contributed by atoms with Crippen LogP contribution in [0.1, 0.15) is 55.7 Å². The van der Waals surface area contributed by atoms with Crippen molar-refractivity contribution in [3.05, 3.63) is 69.7 Å². The summed E-state index contributed by atoms with van der Waals surface area (Å²) in [7, 11) is -3.24. The van der Waals surface area contributed by atoms with Crippen molar-refractivity contribution in [3.8, 4) is 0 Å². The van der Waals surface area contributed by atoms with Gasteiger partial charge in [0, 0.05) is 34.2 Å². The molecule has 1 heterocycles. The van der Waals surface area contributed by atoms with Crippen molar-refractivity contribution < 1.29 is 23.1 Å². The lowest BCUT2D eigenvalue weighted by Crippen LogP contribution is -2.52. The molecule has 1 aliphatic heterocycles. The Hall–Kier alpha value is -2.09. The van der Waals surface area contributed by atoms with Crippen LogP contribution in [0.15, 0.2) is 48.5 Å². The fourth-order valence-electron chi connectivity index (χ4n) is 4.86. The van der Waals surface area contributed by atoms with E-state index in [1.165, 1.54) is 6.26 Å². The van der Waals surface area contributed by atoms with Crippen LogP contribution in [0.5, 0.6) is 0 Å². The molecule has 0 aromatic heterocycles. The summed E-state index contributed by atoms with van der Waals surface area (Å²) in [4.78, 5) is 27.1. The summed E-state index contributed by atoms with van der Waals surface area (Å²) >= 11 is 12.4. The molecule has 1 fully saturated rings. The minimum absolute atomic E-state index is 0.0615. The molecule has 1 amide bonds. The van der Waals surface area contributed by atoms with E-state index in [1.54, 1.807) is 23.1 Å². The third-order valence-electron chi connectivity index (χ3n) is 6.42. The van der Waals surface area contributed by atoms with Crippen LogP contribution in [0, 0.1) is 5.92 Å². The molecular weight excluding hydrogens is 497 g/mol. The lowest BCUT2D eigenvalue weighted by atomic mass is 9.74. The number of sulfone groups is 1. The Kier molecular flexibility index (Phi) is 8.66. The standard InChI is InChI=1S/C25H29Cl2NO5S/c1-3-21(11-12-34(2,32)33)28-24(16-7-9-19(26)10-8-16)22(17-5-4-6-20(27)13-17)14-18(25(28)31)15-23(29)30/h4-10,13,18,21-22,24H,3,11-12,14-15H2,1-2H3,(H,29,30)/t18-,21+,22?,24-/m1/s1. The Labute approximate surface area is 210 Å². The number of nitrogens with zero attached hydrogens (tertiary/aromatic N) is 1. The highest BCUT2D eigenvalue weighted by Crippen LogP contribution is 2.48. The van der Waals surface area contributed by atoms with Crippen molar-refractivity contribution in [3.63, 3.8) is 0 Å². The van der Waals surface area contributed by atoms with Gasteiger partial charge < -0.3 is 10.0 Å². The molecule has 1 unspecified atom stereocenters. The lowest BCUT2D eigenvalue weighted by molar-refractivity contribution is -0.152. The van der Waals surface area contributed by atoms with Gasteiger partial charge in [0.05, 0.1) is 18.2 Å².